The molecule has 0 bridgehead atoms. The summed E-state index contributed by atoms with van der Waals surface area (Å²) in [6, 6.07) is 27.7. The second-order valence-electron chi connectivity index (χ2n) is 8.55. The van der Waals surface area contributed by atoms with Crippen LogP contribution >= 0.6 is 23.4 Å². The van der Waals surface area contributed by atoms with Crippen molar-refractivity contribution in [1.82, 2.24) is 9.55 Å². The summed E-state index contributed by atoms with van der Waals surface area (Å²) in [6.45, 7) is 0. The first-order chi connectivity index (χ1) is 19.9. The number of hydrogen-bond acceptors (Lipinski definition) is 6. The van der Waals surface area contributed by atoms with Gasteiger partial charge in [-0.3, -0.25) is 5.32 Å². The van der Waals surface area contributed by atoms with Gasteiger partial charge in [0.25, 0.3) is 0 Å². The topological polar surface area (TPSA) is 126 Å². The zero-order chi connectivity index (χ0) is 28.8. The van der Waals surface area contributed by atoms with Crippen LogP contribution in [0.25, 0.3) is 11.0 Å². The highest BCUT2D eigenvalue weighted by molar-refractivity contribution is 7.99. The van der Waals surface area contributed by atoms with Gasteiger partial charge in [0, 0.05) is 31.9 Å². The number of anilines is 4. The molecule has 0 atom stereocenters. The molecule has 0 spiro atoms. The SMILES string of the molecule is COC(=O)Nc1nc2cc(Sc3ccc(NC(=O)Nc4ccccc4)cc3)ccc2n1C(=O)Nc1ccc(Cl)cc1. The summed E-state index contributed by atoms with van der Waals surface area (Å²) in [5.41, 5.74) is 2.83. The Morgan fingerprint density at radius 3 is 2.05 bits per heavy atom. The molecule has 1 aromatic heterocycles. The number of urea groups is 1. The molecule has 4 aromatic carbocycles. The Morgan fingerprint density at radius 2 is 1.37 bits per heavy atom. The van der Waals surface area contributed by atoms with Crippen LogP contribution in [0.15, 0.2) is 107 Å². The molecule has 0 radical (unpaired) electrons. The monoisotopic (exact) mass is 586 g/mol. The van der Waals surface area contributed by atoms with Gasteiger partial charge in [0.05, 0.1) is 18.1 Å². The second-order valence-corrected chi connectivity index (χ2v) is 10.1. The van der Waals surface area contributed by atoms with Crippen LogP contribution in [0.3, 0.4) is 0 Å². The number of nitrogens with zero attached hydrogens (tertiary/aromatic N) is 2. The van der Waals surface area contributed by atoms with Gasteiger partial charge < -0.3 is 20.7 Å². The quantitative estimate of drug-likeness (QED) is 0.161. The average molecular weight is 587 g/mol. The molecule has 0 unspecified atom stereocenters. The van der Waals surface area contributed by atoms with Crippen LogP contribution in [0.5, 0.6) is 0 Å². The van der Waals surface area contributed by atoms with Crippen LogP contribution in [0.1, 0.15) is 0 Å². The first-order valence-electron chi connectivity index (χ1n) is 12.2. The van der Waals surface area contributed by atoms with Gasteiger partial charge in [-0.05, 0) is 78.9 Å². The molecule has 0 fully saturated rings. The molecule has 0 aliphatic carbocycles. The van der Waals surface area contributed by atoms with Gasteiger partial charge >= 0.3 is 18.2 Å². The molecule has 4 N–H and O–H groups in total. The standard InChI is InChI=1S/C29H23ClN6O4S/c1-40-29(39)35-26-34-24-17-23(15-16-25(24)36(26)28(38)33-21-9-7-18(30)8-10-21)41-22-13-11-20(12-14-22)32-27(37)31-19-5-3-2-4-6-19/h2-17H,1H3,(H,33,38)(H2,31,32,37)(H,34,35,39). The Balaban J connectivity index is 1.32. The minimum atomic E-state index is -0.762. The number of rotatable bonds is 6. The summed E-state index contributed by atoms with van der Waals surface area (Å²) < 4.78 is 5.96. The minimum absolute atomic E-state index is 0.00432. The van der Waals surface area contributed by atoms with Crippen molar-refractivity contribution < 1.29 is 19.1 Å². The summed E-state index contributed by atoms with van der Waals surface area (Å²) in [7, 11) is 1.22. The van der Waals surface area contributed by atoms with Crippen molar-refractivity contribution in [2.24, 2.45) is 0 Å². The zero-order valence-electron chi connectivity index (χ0n) is 21.6. The number of aromatic nitrogens is 2. The third-order valence-electron chi connectivity index (χ3n) is 5.70. The molecule has 0 aliphatic heterocycles. The van der Waals surface area contributed by atoms with E-state index >= 15 is 0 Å². The summed E-state index contributed by atoms with van der Waals surface area (Å²) in [5, 5.41) is 11.4. The third-order valence-corrected chi connectivity index (χ3v) is 6.95. The molecule has 0 saturated carbocycles. The van der Waals surface area contributed by atoms with E-state index in [0.717, 1.165) is 9.79 Å². The number of methoxy groups -OCH3 is 1. The third kappa shape index (κ3) is 6.96. The van der Waals surface area contributed by atoms with Crippen LogP contribution in [-0.4, -0.2) is 34.8 Å². The number of amides is 4. The van der Waals surface area contributed by atoms with Crippen molar-refractivity contribution in [3.05, 3.63) is 102 Å². The predicted molar refractivity (Wildman–Crippen MR) is 161 cm³/mol. The van der Waals surface area contributed by atoms with Crippen molar-refractivity contribution in [2.75, 3.05) is 28.4 Å². The van der Waals surface area contributed by atoms with Crippen LogP contribution in [-0.2, 0) is 4.74 Å². The Kier molecular flexibility index (Phi) is 8.37. The lowest BCUT2D eigenvalue weighted by molar-refractivity contribution is 0.186. The molecule has 0 aliphatic rings. The zero-order valence-corrected chi connectivity index (χ0v) is 23.1. The maximum atomic E-state index is 13.2. The van der Waals surface area contributed by atoms with Gasteiger partial charge in [-0.2, -0.15) is 0 Å². The maximum absolute atomic E-state index is 13.2. The lowest BCUT2D eigenvalue weighted by atomic mass is 10.3. The molecular formula is C29H23ClN6O4S. The van der Waals surface area contributed by atoms with Crippen molar-refractivity contribution in [3.8, 4) is 0 Å². The van der Waals surface area contributed by atoms with Gasteiger partial charge in [-0.25, -0.2) is 23.9 Å². The molecule has 41 heavy (non-hydrogen) atoms. The number of fused-ring (bicyclic) bond motifs is 1. The minimum Gasteiger partial charge on any atom is -0.453 e. The van der Waals surface area contributed by atoms with E-state index in [1.807, 2.05) is 42.5 Å². The van der Waals surface area contributed by atoms with Gasteiger partial charge in [-0.15, -0.1) is 0 Å². The average Bonchev–Trinajstić information content (AvgIpc) is 3.32. The number of ether oxygens (including phenoxy) is 1. The maximum Gasteiger partial charge on any atom is 0.413 e. The lowest BCUT2D eigenvalue weighted by Gasteiger charge is -2.10. The smallest absolute Gasteiger partial charge is 0.413 e. The summed E-state index contributed by atoms with van der Waals surface area (Å²) >= 11 is 7.42. The first kappa shape index (κ1) is 27.6. The first-order valence-corrected chi connectivity index (χ1v) is 13.4. The number of imidazole rings is 1. The number of nitrogens with one attached hydrogen (secondary N) is 4. The van der Waals surface area contributed by atoms with E-state index in [2.05, 4.69) is 26.3 Å². The van der Waals surface area contributed by atoms with Crippen molar-refractivity contribution in [3.63, 3.8) is 0 Å². The highest BCUT2D eigenvalue weighted by atomic mass is 35.5. The molecular weight excluding hydrogens is 564 g/mol. The van der Waals surface area contributed by atoms with E-state index in [1.54, 1.807) is 54.6 Å². The number of carbonyl (C=O) groups is 3. The van der Waals surface area contributed by atoms with Crippen LogP contribution in [0.2, 0.25) is 5.02 Å². The predicted octanol–water partition coefficient (Wildman–Crippen LogP) is 7.74. The Hall–Kier alpha value is -5.00. The fraction of sp³-hybridized carbons (Fsp3) is 0.0345. The summed E-state index contributed by atoms with van der Waals surface area (Å²) in [6.07, 6.45) is -0.762. The molecule has 10 nitrogen and oxygen atoms in total. The van der Waals surface area contributed by atoms with Crippen molar-refractivity contribution in [2.45, 2.75) is 9.79 Å². The largest absolute Gasteiger partial charge is 0.453 e. The summed E-state index contributed by atoms with van der Waals surface area (Å²) in [5.74, 6) is 0.00432. The van der Waals surface area contributed by atoms with E-state index in [1.165, 1.54) is 23.4 Å². The number of benzene rings is 4. The lowest BCUT2D eigenvalue weighted by Crippen LogP contribution is -2.23. The number of halogens is 1. The van der Waals surface area contributed by atoms with E-state index in [0.29, 0.717) is 33.1 Å². The van der Waals surface area contributed by atoms with Crippen LogP contribution < -0.4 is 21.3 Å². The van der Waals surface area contributed by atoms with Crippen LogP contribution in [0, 0.1) is 0 Å². The molecule has 4 amide bonds. The van der Waals surface area contributed by atoms with Crippen molar-refractivity contribution >= 4 is 75.6 Å². The fourth-order valence-corrected chi connectivity index (χ4v) is 4.80. The molecule has 0 saturated heterocycles. The highest BCUT2D eigenvalue weighted by Crippen LogP contribution is 2.32. The van der Waals surface area contributed by atoms with Crippen LogP contribution in [0.4, 0.5) is 37.4 Å². The van der Waals surface area contributed by atoms with E-state index in [9.17, 15) is 14.4 Å². The van der Waals surface area contributed by atoms with E-state index < -0.39 is 12.1 Å². The molecule has 1 heterocycles. The van der Waals surface area contributed by atoms with Gasteiger partial charge in [-0.1, -0.05) is 41.6 Å². The Morgan fingerprint density at radius 1 is 0.756 bits per heavy atom. The number of para-hydroxylation sites is 1. The van der Waals surface area contributed by atoms with Crippen molar-refractivity contribution in [1.29, 1.82) is 0 Å². The van der Waals surface area contributed by atoms with Gasteiger partial charge in [0.1, 0.15) is 0 Å². The highest BCUT2D eigenvalue weighted by Gasteiger charge is 2.20. The molecule has 12 heteroatoms. The Labute approximate surface area is 244 Å². The molecule has 5 aromatic rings. The molecule has 206 valence electrons. The fourth-order valence-electron chi connectivity index (χ4n) is 3.83. The second kappa shape index (κ2) is 12.5. The number of carbonyl (C=O) groups excluding carboxylic acids is 3. The van der Waals surface area contributed by atoms with E-state index in [-0.39, 0.29) is 12.0 Å². The number of hydrogen-bond donors (Lipinski definition) is 4. The molecule has 5 rings (SSSR count). The normalized spacial score (nSPS) is 10.6. The summed E-state index contributed by atoms with van der Waals surface area (Å²) in [4.78, 5) is 43.7. The Bertz CT molecular complexity index is 1710. The van der Waals surface area contributed by atoms with Gasteiger partial charge in [0.2, 0.25) is 5.95 Å². The van der Waals surface area contributed by atoms with E-state index in [4.69, 9.17) is 16.3 Å². The van der Waals surface area contributed by atoms with Gasteiger partial charge in [0.15, 0.2) is 0 Å².